The fraction of sp³-hybridized carbons (Fsp3) is 0.385. The summed E-state index contributed by atoms with van der Waals surface area (Å²) in [6.07, 6.45) is 4.79. The van der Waals surface area contributed by atoms with Crippen LogP contribution >= 0.6 is 0 Å². The Hall–Kier alpha value is -2.44. The summed E-state index contributed by atoms with van der Waals surface area (Å²) in [5.41, 5.74) is 1.66. The van der Waals surface area contributed by atoms with Gasteiger partial charge >= 0.3 is 5.69 Å². The predicted octanol–water partition coefficient (Wildman–Crippen LogP) is 1.94. The van der Waals surface area contributed by atoms with E-state index in [2.05, 4.69) is 15.4 Å². The molecule has 7 nitrogen and oxygen atoms in total. The van der Waals surface area contributed by atoms with Crippen LogP contribution < -0.4 is 5.32 Å². The molecule has 0 aromatic carbocycles. The van der Waals surface area contributed by atoms with Gasteiger partial charge in [-0.1, -0.05) is 13.0 Å². The number of nitrogens with zero attached hydrogens (tertiary/aromatic N) is 4. The first-order valence-electron chi connectivity index (χ1n) is 6.46. The monoisotopic (exact) mass is 275 g/mol. The molecule has 2 aromatic heterocycles. The molecule has 0 saturated carbocycles. The van der Waals surface area contributed by atoms with Crippen LogP contribution in [0.4, 0.5) is 11.5 Å². The number of aryl methyl sites for hydroxylation is 2. The van der Waals surface area contributed by atoms with Crippen LogP contribution in [0.1, 0.15) is 18.2 Å². The number of nitro groups is 1. The van der Waals surface area contributed by atoms with E-state index >= 15 is 0 Å². The Morgan fingerprint density at radius 1 is 1.50 bits per heavy atom. The Morgan fingerprint density at radius 2 is 2.30 bits per heavy atom. The minimum absolute atomic E-state index is 0.0705. The van der Waals surface area contributed by atoms with E-state index in [1.807, 2.05) is 19.1 Å². The highest BCUT2D eigenvalue weighted by Gasteiger charge is 2.25. The molecule has 0 aliphatic heterocycles. The molecule has 0 fully saturated rings. The lowest BCUT2D eigenvalue weighted by atomic mass is 10.2. The molecule has 106 valence electrons. The number of nitrogens with one attached hydrogen (secondary N) is 1. The molecule has 0 aliphatic rings. The van der Waals surface area contributed by atoms with E-state index in [-0.39, 0.29) is 10.6 Å². The smallest absolute Gasteiger partial charge is 0.333 e. The number of pyridine rings is 1. The van der Waals surface area contributed by atoms with E-state index in [4.69, 9.17) is 0 Å². The predicted molar refractivity (Wildman–Crippen MR) is 75.7 cm³/mol. The van der Waals surface area contributed by atoms with Gasteiger partial charge in [-0.15, -0.1) is 0 Å². The molecule has 0 unspecified atom stereocenters. The van der Waals surface area contributed by atoms with Gasteiger partial charge in [0.1, 0.15) is 5.69 Å². The van der Waals surface area contributed by atoms with Crippen LogP contribution in [0.5, 0.6) is 0 Å². The SMILES string of the molecule is CCc1nn(C)c(NCCc2cccnc2)c1[N+](=O)[O-]. The Balaban J connectivity index is 2.09. The van der Waals surface area contributed by atoms with Crippen molar-refractivity contribution in [2.24, 2.45) is 7.05 Å². The maximum absolute atomic E-state index is 11.2. The van der Waals surface area contributed by atoms with Crippen molar-refractivity contribution in [3.05, 3.63) is 45.9 Å². The van der Waals surface area contributed by atoms with Gasteiger partial charge in [-0.3, -0.25) is 15.1 Å². The number of rotatable bonds is 6. The van der Waals surface area contributed by atoms with E-state index in [1.54, 1.807) is 19.4 Å². The van der Waals surface area contributed by atoms with Crippen molar-refractivity contribution in [3.8, 4) is 0 Å². The van der Waals surface area contributed by atoms with Gasteiger partial charge in [0.15, 0.2) is 0 Å². The van der Waals surface area contributed by atoms with Gasteiger partial charge < -0.3 is 5.32 Å². The molecular formula is C13H17N5O2. The quantitative estimate of drug-likeness (QED) is 0.643. The van der Waals surface area contributed by atoms with Crippen LogP contribution in [0, 0.1) is 10.1 Å². The van der Waals surface area contributed by atoms with Crippen LogP contribution in [0.15, 0.2) is 24.5 Å². The first-order chi connectivity index (χ1) is 9.63. The summed E-state index contributed by atoms with van der Waals surface area (Å²) in [6, 6.07) is 3.85. The molecule has 0 bridgehead atoms. The number of hydrogen-bond acceptors (Lipinski definition) is 5. The lowest BCUT2D eigenvalue weighted by molar-refractivity contribution is -0.384. The highest BCUT2D eigenvalue weighted by atomic mass is 16.6. The molecule has 0 aliphatic carbocycles. The van der Waals surface area contributed by atoms with Gasteiger partial charge in [0.05, 0.1) is 4.92 Å². The molecule has 2 rings (SSSR count). The molecule has 7 heteroatoms. The van der Waals surface area contributed by atoms with Gasteiger partial charge in [0, 0.05) is 26.0 Å². The molecule has 20 heavy (non-hydrogen) atoms. The molecule has 0 spiro atoms. The normalized spacial score (nSPS) is 10.5. The summed E-state index contributed by atoms with van der Waals surface area (Å²) in [6.45, 7) is 2.45. The third kappa shape index (κ3) is 2.93. The molecule has 0 atom stereocenters. The topological polar surface area (TPSA) is 85.9 Å². The number of hydrogen-bond donors (Lipinski definition) is 1. The van der Waals surface area contributed by atoms with Crippen LogP contribution in [-0.2, 0) is 19.9 Å². The molecule has 0 radical (unpaired) electrons. The summed E-state index contributed by atoms with van der Waals surface area (Å²) < 4.78 is 1.53. The summed E-state index contributed by atoms with van der Waals surface area (Å²) >= 11 is 0. The third-order valence-electron chi connectivity index (χ3n) is 3.04. The van der Waals surface area contributed by atoms with Crippen molar-refractivity contribution in [1.29, 1.82) is 0 Å². The van der Waals surface area contributed by atoms with Crippen LogP contribution in [-0.4, -0.2) is 26.2 Å². The van der Waals surface area contributed by atoms with Gasteiger partial charge in [0.25, 0.3) is 0 Å². The van der Waals surface area contributed by atoms with Crippen molar-refractivity contribution in [1.82, 2.24) is 14.8 Å². The summed E-state index contributed by atoms with van der Waals surface area (Å²) in [4.78, 5) is 14.8. The van der Waals surface area contributed by atoms with E-state index in [1.165, 1.54) is 4.68 Å². The molecule has 1 N–H and O–H groups in total. The summed E-state index contributed by atoms with van der Waals surface area (Å²) in [5.74, 6) is 0.454. The van der Waals surface area contributed by atoms with Gasteiger partial charge in [0.2, 0.25) is 5.82 Å². The zero-order chi connectivity index (χ0) is 14.5. The highest BCUT2D eigenvalue weighted by Crippen LogP contribution is 2.28. The maximum Gasteiger partial charge on any atom is 0.333 e. The van der Waals surface area contributed by atoms with E-state index in [9.17, 15) is 10.1 Å². The Kier molecular flexibility index (Phi) is 4.29. The number of anilines is 1. The standard InChI is InChI=1S/C13H17N5O2/c1-3-11-12(18(19)20)13(17(2)16-11)15-8-6-10-5-4-7-14-9-10/h4-5,7,9,15H,3,6,8H2,1-2H3. The van der Waals surface area contributed by atoms with Crippen molar-refractivity contribution in [2.45, 2.75) is 19.8 Å². The summed E-state index contributed by atoms with van der Waals surface area (Å²) in [7, 11) is 1.71. The fourth-order valence-electron chi connectivity index (χ4n) is 2.07. The second-order valence-electron chi connectivity index (χ2n) is 4.42. The van der Waals surface area contributed by atoms with Crippen LogP contribution in [0.25, 0.3) is 0 Å². The minimum Gasteiger partial charge on any atom is -0.364 e. The van der Waals surface area contributed by atoms with Crippen molar-refractivity contribution >= 4 is 11.5 Å². The molecule has 2 heterocycles. The molecule has 2 aromatic rings. The van der Waals surface area contributed by atoms with Crippen molar-refractivity contribution < 1.29 is 4.92 Å². The van der Waals surface area contributed by atoms with Gasteiger partial charge in [-0.05, 0) is 24.5 Å². The zero-order valence-corrected chi connectivity index (χ0v) is 11.5. The first kappa shape index (κ1) is 14.0. The van der Waals surface area contributed by atoms with E-state index < -0.39 is 0 Å². The van der Waals surface area contributed by atoms with Crippen LogP contribution in [0.2, 0.25) is 0 Å². The van der Waals surface area contributed by atoms with Crippen molar-refractivity contribution in [2.75, 3.05) is 11.9 Å². The largest absolute Gasteiger partial charge is 0.364 e. The zero-order valence-electron chi connectivity index (χ0n) is 11.5. The Morgan fingerprint density at radius 3 is 2.90 bits per heavy atom. The molecule has 0 saturated heterocycles. The van der Waals surface area contributed by atoms with Gasteiger partial charge in [-0.2, -0.15) is 5.10 Å². The minimum atomic E-state index is -0.377. The second-order valence-corrected chi connectivity index (χ2v) is 4.42. The Labute approximate surface area is 116 Å². The first-order valence-corrected chi connectivity index (χ1v) is 6.46. The maximum atomic E-state index is 11.2. The van der Waals surface area contributed by atoms with Crippen molar-refractivity contribution in [3.63, 3.8) is 0 Å². The fourth-order valence-corrected chi connectivity index (χ4v) is 2.07. The number of aromatic nitrogens is 3. The summed E-state index contributed by atoms with van der Waals surface area (Å²) in [5, 5.41) is 18.4. The lowest BCUT2D eigenvalue weighted by Crippen LogP contribution is -2.10. The average Bonchev–Trinajstić information content (AvgIpc) is 2.77. The van der Waals surface area contributed by atoms with Gasteiger partial charge in [-0.25, -0.2) is 4.68 Å². The Bertz CT molecular complexity index is 594. The average molecular weight is 275 g/mol. The third-order valence-corrected chi connectivity index (χ3v) is 3.04. The van der Waals surface area contributed by atoms with E-state index in [0.717, 1.165) is 12.0 Å². The molecular weight excluding hydrogens is 258 g/mol. The van der Waals surface area contributed by atoms with Crippen LogP contribution in [0.3, 0.4) is 0 Å². The second kappa shape index (κ2) is 6.14. The highest BCUT2D eigenvalue weighted by molar-refractivity contribution is 5.59. The lowest BCUT2D eigenvalue weighted by Gasteiger charge is -2.05. The molecule has 0 amide bonds. The van der Waals surface area contributed by atoms with E-state index in [0.29, 0.717) is 24.5 Å².